The molecule has 0 amide bonds. The van der Waals surface area contributed by atoms with Gasteiger partial charge in [-0.2, -0.15) is 0 Å². The number of hydrogen-bond acceptors (Lipinski definition) is 3. The van der Waals surface area contributed by atoms with Crippen molar-refractivity contribution < 1.29 is 18.7 Å². The van der Waals surface area contributed by atoms with Gasteiger partial charge in [-0.15, -0.1) is 0 Å². The van der Waals surface area contributed by atoms with Gasteiger partial charge in [0.2, 0.25) is 0 Å². The molecule has 0 aliphatic rings. The van der Waals surface area contributed by atoms with E-state index < -0.39 is 11.8 Å². The zero-order valence-electron chi connectivity index (χ0n) is 13.1. The van der Waals surface area contributed by atoms with E-state index in [9.17, 15) is 9.18 Å². The fourth-order valence-electron chi connectivity index (χ4n) is 2.20. The molecule has 0 spiro atoms. The normalized spacial score (nSPS) is 10.3. The monoisotopic (exact) mass is 400 g/mol. The molecule has 0 atom stereocenters. The first-order chi connectivity index (χ1) is 12.1. The minimum atomic E-state index is -0.575. The van der Waals surface area contributed by atoms with Crippen molar-refractivity contribution in [3.05, 3.63) is 94.2 Å². The Morgan fingerprint density at radius 2 is 1.68 bits per heavy atom. The molecule has 5 heteroatoms. The SMILES string of the molecule is O=C(OCc1ccc(Br)cc1F)c1ccccc1Oc1ccccc1. The molecule has 0 aliphatic heterocycles. The highest BCUT2D eigenvalue weighted by molar-refractivity contribution is 9.10. The lowest BCUT2D eigenvalue weighted by atomic mass is 10.2. The predicted octanol–water partition coefficient (Wildman–Crippen LogP) is 5.74. The summed E-state index contributed by atoms with van der Waals surface area (Å²) in [5.41, 5.74) is 0.585. The van der Waals surface area contributed by atoms with Crippen LogP contribution >= 0.6 is 15.9 Å². The van der Waals surface area contributed by atoms with Crippen molar-refractivity contribution in [2.75, 3.05) is 0 Å². The standard InChI is InChI=1S/C20H14BrFO3/c21-15-11-10-14(18(22)12-15)13-24-20(23)17-8-4-5-9-19(17)25-16-6-2-1-3-7-16/h1-12H,13H2. The van der Waals surface area contributed by atoms with Crippen LogP contribution in [0.3, 0.4) is 0 Å². The van der Waals surface area contributed by atoms with E-state index in [0.29, 0.717) is 21.5 Å². The van der Waals surface area contributed by atoms with Crippen LogP contribution in [0, 0.1) is 5.82 Å². The van der Waals surface area contributed by atoms with Crippen LogP contribution in [0.1, 0.15) is 15.9 Å². The van der Waals surface area contributed by atoms with Gasteiger partial charge >= 0.3 is 5.97 Å². The summed E-state index contributed by atoms with van der Waals surface area (Å²) in [4.78, 5) is 12.4. The van der Waals surface area contributed by atoms with Gasteiger partial charge in [-0.3, -0.25) is 0 Å². The Labute approximate surface area is 153 Å². The molecule has 3 rings (SSSR count). The molecule has 0 fully saturated rings. The van der Waals surface area contributed by atoms with E-state index in [0.717, 1.165) is 0 Å². The topological polar surface area (TPSA) is 35.5 Å². The number of benzene rings is 3. The summed E-state index contributed by atoms with van der Waals surface area (Å²) in [5, 5.41) is 0. The zero-order chi connectivity index (χ0) is 17.6. The van der Waals surface area contributed by atoms with Crippen LogP contribution in [0.2, 0.25) is 0 Å². The lowest BCUT2D eigenvalue weighted by Crippen LogP contribution is -2.07. The molecule has 25 heavy (non-hydrogen) atoms. The molecule has 0 saturated heterocycles. The maximum Gasteiger partial charge on any atom is 0.342 e. The summed E-state index contributed by atoms with van der Waals surface area (Å²) in [5.74, 6) is -0.0125. The largest absolute Gasteiger partial charge is 0.457 e. The van der Waals surface area contributed by atoms with Crippen molar-refractivity contribution in [1.82, 2.24) is 0 Å². The van der Waals surface area contributed by atoms with Gasteiger partial charge in [-0.05, 0) is 36.4 Å². The molecule has 126 valence electrons. The Balaban J connectivity index is 1.74. The third kappa shape index (κ3) is 4.45. The van der Waals surface area contributed by atoms with E-state index in [1.54, 1.807) is 48.5 Å². The van der Waals surface area contributed by atoms with Crippen molar-refractivity contribution in [3.63, 3.8) is 0 Å². The Bertz CT molecular complexity index is 881. The Morgan fingerprint density at radius 3 is 2.44 bits per heavy atom. The molecule has 3 aromatic carbocycles. The number of ether oxygens (including phenoxy) is 2. The third-order valence-corrected chi connectivity index (χ3v) is 3.95. The van der Waals surface area contributed by atoms with Gasteiger partial charge in [-0.1, -0.05) is 52.3 Å². The maximum absolute atomic E-state index is 13.8. The van der Waals surface area contributed by atoms with Crippen molar-refractivity contribution in [3.8, 4) is 11.5 Å². The highest BCUT2D eigenvalue weighted by Gasteiger charge is 2.15. The summed E-state index contributed by atoms with van der Waals surface area (Å²) in [6.45, 7) is -0.155. The zero-order valence-corrected chi connectivity index (χ0v) is 14.7. The van der Waals surface area contributed by atoms with E-state index in [2.05, 4.69) is 15.9 Å². The van der Waals surface area contributed by atoms with Crippen molar-refractivity contribution in [1.29, 1.82) is 0 Å². The molecule has 0 aromatic heterocycles. The van der Waals surface area contributed by atoms with Crippen LogP contribution in [0.15, 0.2) is 77.3 Å². The first-order valence-corrected chi connectivity index (χ1v) is 8.36. The molecule has 3 nitrogen and oxygen atoms in total. The molecule has 0 N–H and O–H groups in total. The molecule has 0 bridgehead atoms. The first kappa shape index (κ1) is 17.2. The van der Waals surface area contributed by atoms with Crippen molar-refractivity contribution >= 4 is 21.9 Å². The number of rotatable bonds is 5. The van der Waals surface area contributed by atoms with Crippen LogP contribution < -0.4 is 4.74 Å². The second kappa shape index (κ2) is 7.94. The van der Waals surface area contributed by atoms with E-state index in [-0.39, 0.29) is 12.2 Å². The minimum absolute atomic E-state index is 0.155. The maximum atomic E-state index is 13.8. The van der Waals surface area contributed by atoms with Crippen LogP contribution in [0.4, 0.5) is 4.39 Å². The van der Waals surface area contributed by atoms with Crippen molar-refractivity contribution in [2.45, 2.75) is 6.61 Å². The predicted molar refractivity (Wildman–Crippen MR) is 96.2 cm³/mol. The smallest absolute Gasteiger partial charge is 0.342 e. The van der Waals surface area contributed by atoms with Gasteiger partial charge in [0.15, 0.2) is 0 Å². The summed E-state index contributed by atoms with van der Waals surface area (Å²) in [7, 11) is 0. The van der Waals surface area contributed by atoms with Crippen LogP contribution in [-0.2, 0) is 11.3 Å². The second-order valence-electron chi connectivity index (χ2n) is 5.22. The summed E-state index contributed by atoms with van der Waals surface area (Å²) >= 11 is 3.19. The van der Waals surface area contributed by atoms with Crippen LogP contribution in [-0.4, -0.2) is 5.97 Å². The molecular weight excluding hydrogens is 387 g/mol. The average molecular weight is 401 g/mol. The number of halogens is 2. The molecule has 3 aromatic rings. The molecule has 0 unspecified atom stereocenters. The Morgan fingerprint density at radius 1 is 0.960 bits per heavy atom. The van der Waals surface area contributed by atoms with Crippen LogP contribution in [0.5, 0.6) is 11.5 Å². The van der Waals surface area contributed by atoms with Gasteiger partial charge in [0, 0.05) is 10.0 Å². The van der Waals surface area contributed by atoms with Gasteiger partial charge < -0.3 is 9.47 Å². The summed E-state index contributed by atoms with van der Waals surface area (Å²) in [6.07, 6.45) is 0. The fourth-order valence-corrected chi connectivity index (χ4v) is 2.53. The molecule has 0 aliphatic carbocycles. The Kier molecular flexibility index (Phi) is 5.46. The summed E-state index contributed by atoms with van der Waals surface area (Å²) < 4.78 is 25.4. The number of carbonyl (C=O) groups excluding carboxylic acids is 1. The molecule has 0 radical (unpaired) electrons. The third-order valence-electron chi connectivity index (χ3n) is 3.45. The van der Waals surface area contributed by atoms with Crippen molar-refractivity contribution in [2.24, 2.45) is 0 Å². The molecule has 0 heterocycles. The number of esters is 1. The van der Waals surface area contributed by atoms with E-state index in [4.69, 9.17) is 9.47 Å². The van der Waals surface area contributed by atoms with Gasteiger partial charge in [0.1, 0.15) is 29.5 Å². The highest BCUT2D eigenvalue weighted by atomic mass is 79.9. The fraction of sp³-hybridized carbons (Fsp3) is 0.0500. The van der Waals surface area contributed by atoms with Gasteiger partial charge in [0.05, 0.1) is 0 Å². The quantitative estimate of drug-likeness (QED) is 0.512. The van der Waals surface area contributed by atoms with E-state index in [1.807, 2.05) is 18.2 Å². The lowest BCUT2D eigenvalue weighted by molar-refractivity contribution is 0.0466. The summed E-state index contributed by atoms with van der Waals surface area (Å²) in [6, 6.07) is 20.5. The number of hydrogen-bond donors (Lipinski definition) is 0. The number of para-hydroxylation sites is 2. The average Bonchev–Trinajstić information content (AvgIpc) is 2.62. The van der Waals surface area contributed by atoms with Gasteiger partial charge in [-0.25, -0.2) is 9.18 Å². The van der Waals surface area contributed by atoms with E-state index in [1.165, 1.54) is 6.07 Å². The lowest BCUT2D eigenvalue weighted by Gasteiger charge is -2.11. The van der Waals surface area contributed by atoms with Gasteiger partial charge in [0.25, 0.3) is 0 Å². The minimum Gasteiger partial charge on any atom is -0.457 e. The second-order valence-corrected chi connectivity index (χ2v) is 6.14. The highest BCUT2D eigenvalue weighted by Crippen LogP contribution is 2.26. The van der Waals surface area contributed by atoms with E-state index >= 15 is 0 Å². The Hall–Kier alpha value is -2.66. The van der Waals surface area contributed by atoms with Crippen LogP contribution in [0.25, 0.3) is 0 Å². The molecule has 0 saturated carbocycles. The number of carbonyl (C=O) groups is 1. The first-order valence-electron chi connectivity index (χ1n) is 7.56. The molecular formula is C20H14BrFO3.